The minimum absolute atomic E-state index is 0.0269. The molecule has 6 aromatic rings. The second-order valence-corrected chi connectivity index (χ2v) is 14.0. The maximum Gasteiger partial charge on any atom is 0.264 e. The van der Waals surface area contributed by atoms with E-state index >= 15 is 0 Å². The fraction of sp³-hybridized carbons (Fsp3) is 0.244. The van der Waals surface area contributed by atoms with Gasteiger partial charge in [0.1, 0.15) is 11.4 Å². The van der Waals surface area contributed by atoms with Gasteiger partial charge in [0.2, 0.25) is 0 Å². The van der Waals surface area contributed by atoms with Gasteiger partial charge in [-0.15, -0.1) is 0 Å². The molecule has 8 rings (SSSR count). The zero-order chi connectivity index (χ0) is 35.9. The molecule has 0 aliphatic carbocycles. The van der Waals surface area contributed by atoms with Crippen molar-refractivity contribution in [1.29, 1.82) is 0 Å². The second kappa shape index (κ2) is 14.0. The maximum absolute atomic E-state index is 14.7. The number of hydrogen-bond donors (Lipinski definition) is 2. The standard InChI is InChI=1S/C41H39ClN6O4/c1-26-36(41(51)48(31-8-10-34(49)11-9-31)32-20-28-13-14-45(2)39(28)43-23-32)22-38(44-26)37-21-30(42)7-12-35(37)40(50)47-24-29-6-4-3-5-27(29)19-33(47)25-46-15-17-52-18-16-46/h3-14,20-23,33,44,49H,15-19,24-25H2,1-2H3/t33-/m0/s1. The predicted molar refractivity (Wildman–Crippen MR) is 202 cm³/mol. The van der Waals surface area contributed by atoms with Gasteiger partial charge in [0.05, 0.1) is 30.7 Å². The van der Waals surface area contributed by atoms with Crippen LogP contribution in [-0.2, 0) is 24.8 Å². The molecule has 11 heteroatoms. The van der Waals surface area contributed by atoms with E-state index in [1.807, 2.05) is 47.8 Å². The van der Waals surface area contributed by atoms with Crippen molar-refractivity contribution in [2.45, 2.75) is 25.9 Å². The van der Waals surface area contributed by atoms with E-state index in [4.69, 9.17) is 16.3 Å². The van der Waals surface area contributed by atoms with E-state index in [0.717, 1.165) is 42.7 Å². The number of hydrogen-bond acceptors (Lipinski definition) is 6. The van der Waals surface area contributed by atoms with Crippen molar-refractivity contribution >= 4 is 45.8 Å². The number of pyridine rings is 1. The smallest absolute Gasteiger partial charge is 0.264 e. The summed E-state index contributed by atoms with van der Waals surface area (Å²) in [7, 11) is 1.92. The molecule has 0 unspecified atom stereocenters. The van der Waals surface area contributed by atoms with E-state index in [2.05, 4.69) is 33.1 Å². The van der Waals surface area contributed by atoms with Gasteiger partial charge in [-0.1, -0.05) is 35.9 Å². The summed E-state index contributed by atoms with van der Waals surface area (Å²) in [6.07, 6.45) is 4.36. The van der Waals surface area contributed by atoms with E-state index in [-0.39, 0.29) is 23.6 Å². The van der Waals surface area contributed by atoms with Crippen LogP contribution in [0, 0.1) is 6.92 Å². The van der Waals surface area contributed by atoms with Crippen molar-refractivity contribution in [3.8, 4) is 17.0 Å². The van der Waals surface area contributed by atoms with Gasteiger partial charge in [0.15, 0.2) is 0 Å². The number of anilines is 2. The Morgan fingerprint density at radius 2 is 1.73 bits per heavy atom. The van der Waals surface area contributed by atoms with Crippen molar-refractivity contribution < 1.29 is 19.4 Å². The maximum atomic E-state index is 14.7. The largest absolute Gasteiger partial charge is 0.508 e. The fourth-order valence-corrected chi connectivity index (χ4v) is 7.62. The predicted octanol–water partition coefficient (Wildman–Crippen LogP) is 7.11. The van der Waals surface area contributed by atoms with Crippen molar-refractivity contribution in [3.63, 3.8) is 0 Å². The molecule has 0 bridgehead atoms. The zero-order valence-electron chi connectivity index (χ0n) is 29.1. The number of carbonyl (C=O) groups excluding carboxylic acids is 2. The van der Waals surface area contributed by atoms with Gasteiger partial charge < -0.3 is 24.3 Å². The first kappa shape index (κ1) is 33.7. The lowest BCUT2D eigenvalue weighted by molar-refractivity contribution is 0.0193. The molecule has 3 aromatic heterocycles. The Morgan fingerprint density at radius 1 is 0.962 bits per heavy atom. The number of H-pyrrole nitrogens is 1. The first-order valence-electron chi connectivity index (χ1n) is 17.5. The summed E-state index contributed by atoms with van der Waals surface area (Å²) >= 11 is 6.60. The molecular weight excluding hydrogens is 676 g/mol. The van der Waals surface area contributed by atoms with Gasteiger partial charge in [0, 0.05) is 84.1 Å². The van der Waals surface area contributed by atoms with Crippen LogP contribution >= 0.6 is 11.6 Å². The molecule has 2 aliphatic rings. The van der Waals surface area contributed by atoms with Crippen LogP contribution in [0.3, 0.4) is 0 Å². The van der Waals surface area contributed by atoms with Gasteiger partial charge >= 0.3 is 0 Å². The Kier molecular flexibility index (Phi) is 9.04. The number of aromatic hydroxyl groups is 1. The average Bonchev–Trinajstić information content (AvgIpc) is 3.74. The molecule has 2 aliphatic heterocycles. The molecule has 1 saturated heterocycles. The first-order valence-corrected chi connectivity index (χ1v) is 17.8. The number of aromatic amines is 1. The Balaban J connectivity index is 1.16. The molecule has 1 atom stereocenters. The molecule has 5 heterocycles. The van der Waals surface area contributed by atoms with E-state index in [0.29, 0.717) is 64.2 Å². The summed E-state index contributed by atoms with van der Waals surface area (Å²) in [4.78, 5) is 43.3. The van der Waals surface area contributed by atoms with E-state index in [9.17, 15) is 14.7 Å². The number of ether oxygens (including phenoxy) is 1. The van der Waals surface area contributed by atoms with Crippen LogP contribution < -0.4 is 4.90 Å². The van der Waals surface area contributed by atoms with Crippen LogP contribution in [0.15, 0.2) is 97.3 Å². The quantitative estimate of drug-likeness (QED) is 0.183. The molecule has 0 saturated carbocycles. The van der Waals surface area contributed by atoms with Crippen molar-refractivity contribution in [2.75, 3.05) is 37.7 Å². The van der Waals surface area contributed by atoms with Crippen LogP contribution in [-0.4, -0.2) is 80.1 Å². The van der Waals surface area contributed by atoms with Gasteiger partial charge in [0.25, 0.3) is 11.8 Å². The topological polar surface area (TPSA) is 107 Å². The van der Waals surface area contributed by atoms with Crippen LogP contribution in [0.5, 0.6) is 5.75 Å². The highest BCUT2D eigenvalue weighted by molar-refractivity contribution is 6.31. The minimum atomic E-state index is -0.295. The number of carbonyl (C=O) groups is 2. The monoisotopic (exact) mass is 714 g/mol. The third-order valence-electron chi connectivity index (χ3n) is 10.2. The van der Waals surface area contributed by atoms with Gasteiger partial charge in [-0.05, 0) is 85.1 Å². The average molecular weight is 715 g/mol. The number of benzene rings is 3. The molecule has 264 valence electrons. The van der Waals surface area contributed by atoms with Crippen LogP contribution in [0.1, 0.15) is 37.5 Å². The number of phenols is 1. The van der Waals surface area contributed by atoms with Gasteiger partial charge in [-0.25, -0.2) is 4.98 Å². The van der Waals surface area contributed by atoms with Gasteiger partial charge in [-0.2, -0.15) is 0 Å². The number of halogens is 1. The van der Waals surface area contributed by atoms with Crippen molar-refractivity contribution in [2.24, 2.45) is 7.05 Å². The zero-order valence-corrected chi connectivity index (χ0v) is 29.8. The number of morpholine rings is 1. The highest BCUT2D eigenvalue weighted by atomic mass is 35.5. The number of phenolic OH excluding ortho intramolecular Hbond substituents is 1. The molecular formula is C41H39ClN6O4. The summed E-state index contributed by atoms with van der Waals surface area (Å²) in [6, 6.07) is 25.8. The minimum Gasteiger partial charge on any atom is -0.508 e. The Hall–Kier alpha value is -5.42. The molecule has 1 fully saturated rings. The van der Waals surface area contributed by atoms with Crippen molar-refractivity contribution in [1.82, 2.24) is 24.3 Å². The van der Waals surface area contributed by atoms with Gasteiger partial charge in [-0.3, -0.25) is 19.4 Å². The molecule has 0 radical (unpaired) electrons. The van der Waals surface area contributed by atoms with Crippen LogP contribution in [0.4, 0.5) is 11.4 Å². The van der Waals surface area contributed by atoms with Crippen LogP contribution in [0.2, 0.25) is 5.02 Å². The molecule has 0 spiro atoms. The van der Waals surface area contributed by atoms with E-state index in [1.165, 1.54) is 5.56 Å². The number of aromatic nitrogens is 3. The lowest BCUT2D eigenvalue weighted by Crippen LogP contribution is -2.52. The number of nitrogens with zero attached hydrogens (tertiary/aromatic N) is 5. The Morgan fingerprint density at radius 3 is 2.52 bits per heavy atom. The normalized spacial score (nSPS) is 16.2. The summed E-state index contributed by atoms with van der Waals surface area (Å²) < 4.78 is 7.52. The van der Waals surface area contributed by atoms with Crippen LogP contribution in [0.25, 0.3) is 22.3 Å². The number of amides is 2. The number of aryl methyl sites for hydroxylation is 2. The molecule has 52 heavy (non-hydrogen) atoms. The second-order valence-electron chi connectivity index (χ2n) is 13.6. The molecule has 2 N–H and O–H groups in total. The number of fused-ring (bicyclic) bond motifs is 2. The Bertz CT molecular complexity index is 2290. The first-order chi connectivity index (χ1) is 25.2. The lowest BCUT2D eigenvalue weighted by Gasteiger charge is -2.40. The summed E-state index contributed by atoms with van der Waals surface area (Å²) in [5, 5.41) is 11.4. The number of nitrogens with one attached hydrogen (secondary N) is 1. The summed E-state index contributed by atoms with van der Waals surface area (Å²) in [5.41, 5.74) is 7.14. The number of rotatable bonds is 7. The SMILES string of the molecule is Cc1[nH]c(-c2cc(Cl)ccc2C(=O)N2Cc3ccccc3C[C@H]2CN2CCOCC2)cc1C(=O)N(c1ccc(O)cc1)c1cnc2c(ccn2C)c1. The molecule has 2 amide bonds. The third-order valence-corrected chi connectivity index (χ3v) is 10.4. The summed E-state index contributed by atoms with van der Waals surface area (Å²) in [5.74, 6) is -0.293. The Labute approximate surface area is 306 Å². The highest BCUT2D eigenvalue weighted by Gasteiger charge is 2.34. The molecule has 3 aromatic carbocycles. The third kappa shape index (κ3) is 6.45. The van der Waals surface area contributed by atoms with E-state index < -0.39 is 0 Å². The summed E-state index contributed by atoms with van der Waals surface area (Å²) in [6.45, 7) is 6.14. The molecule has 10 nitrogen and oxygen atoms in total. The highest BCUT2D eigenvalue weighted by Crippen LogP contribution is 2.35. The van der Waals surface area contributed by atoms with Crippen molar-refractivity contribution in [3.05, 3.63) is 130 Å². The van der Waals surface area contributed by atoms with E-state index in [1.54, 1.807) is 59.6 Å². The lowest BCUT2D eigenvalue weighted by atomic mass is 9.92. The fourth-order valence-electron chi connectivity index (χ4n) is 7.45.